The van der Waals surface area contributed by atoms with Crippen LogP contribution in [0.3, 0.4) is 0 Å². The molecule has 1 aliphatic heterocycles. The van der Waals surface area contributed by atoms with Gasteiger partial charge in [0.25, 0.3) is 5.91 Å². The summed E-state index contributed by atoms with van der Waals surface area (Å²) in [4.78, 5) is 21.2. The molecule has 1 aromatic heterocycles. The highest BCUT2D eigenvalue weighted by Crippen LogP contribution is 2.30. The molecule has 2 heterocycles. The summed E-state index contributed by atoms with van der Waals surface area (Å²) >= 11 is 0. The second kappa shape index (κ2) is 8.05. The van der Waals surface area contributed by atoms with Crippen LogP contribution < -0.4 is 10.6 Å². The van der Waals surface area contributed by atoms with E-state index in [1.807, 2.05) is 18.2 Å². The van der Waals surface area contributed by atoms with E-state index in [4.69, 9.17) is 4.74 Å². The van der Waals surface area contributed by atoms with Crippen molar-refractivity contribution in [3.63, 3.8) is 0 Å². The molecule has 1 aromatic carbocycles. The van der Waals surface area contributed by atoms with Crippen molar-refractivity contribution in [3.8, 4) is 0 Å². The summed E-state index contributed by atoms with van der Waals surface area (Å²) in [6.45, 7) is 9.58. The summed E-state index contributed by atoms with van der Waals surface area (Å²) in [5.41, 5.74) is 2.52. The highest BCUT2D eigenvalue weighted by atomic mass is 16.5. The lowest BCUT2D eigenvalue weighted by molar-refractivity contribution is 0.0853. The van der Waals surface area contributed by atoms with Crippen LogP contribution in [0.1, 0.15) is 55.5 Å². The van der Waals surface area contributed by atoms with Crippen LogP contribution in [-0.4, -0.2) is 35.1 Å². The Labute approximate surface area is 160 Å². The molecule has 6 heteroatoms. The minimum Gasteiger partial charge on any atom is -0.376 e. The summed E-state index contributed by atoms with van der Waals surface area (Å²) in [7, 11) is 0. The van der Waals surface area contributed by atoms with Crippen LogP contribution >= 0.6 is 0 Å². The van der Waals surface area contributed by atoms with Crippen molar-refractivity contribution >= 4 is 17.4 Å². The largest absolute Gasteiger partial charge is 0.376 e. The van der Waals surface area contributed by atoms with E-state index in [1.54, 1.807) is 13.0 Å². The topological polar surface area (TPSA) is 76.1 Å². The average molecular weight is 368 g/mol. The number of para-hydroxylation sites is 1. The van der Waals surface area contributed by atoms with Gasteiger partial charge in [-0.05, 0) is 36.8 Å². The quantitative estimate of drug-likeness (QED) is 0.841. The normalized spacial score (nSPS) is 17.0. The standard InChI is InChI=1S/C21H28N4O2/c1-14-23-18(20(26)22-13-15-8-7-11-27-15)12-19(24-14)25-17-10-6-5-9-16(17)21(2,3)4/h5-6,9-10,12,15H,7-8,11,13H2,1-4H3,(H,22,26)(H,23,24,25). The number of nitrogens with one attached hydrogen (secondary N) is 2. The first-order valence-electron chi connectivity index (χ1n) is 9.45. The van der Waals surface area contributed by atoms with Crippen molar-refractivity contribution < 1.29 is 9.53 Å². The van der Waals surface area contributed by atoms with Crippen molar-refractivity contribution in [1.29, 1.82) is 0 Å². The number of anilines is 2. The molecule has 0 saturated carbocycles. The lowest BCUT2D eigenvalue weighted by Crippen LogP contribution is -2.32. The van der Waals surface area contributed by atoms with Gasteiger partial charge in [0, 0.05) is 24.9 Å². The second-order valence-corrected chi connectivity index (χ2v) is 7.95. The molecule has 2 N–H and O–H groups in total. The van der Waals surface area contributed by atoms with Gasteiger partial charge in [-0.3, -0.25) is 4.79 Å². The Morgan fingerprint density at radius 1 is 1.26 bits per heavy atom. The molecule has 0 radical (unpaired) electrons. The number of rotatable bonds is 5. The van der Waals surface area contributed by atoms with Gasteiger partial charge in [-0.15, -0.1) is 0 Å². The predicted octanol–water partition coefficient (Wildman–Crippen LogP) is 3.73. The molecule has 1 amide bonds. The van der Waals surface area contributed by atoms with Crippen LogP contribution in [0.15, 0.2) is 30.3 Å². The first-order chi connectivity index (χ1) is 12.8. The third-order valence-electron chi connectivity index (χ3n) is 4.58. The Morgan fingerprint density at radius 2 is 2.04 bits per heavy atom. The zero-order chi connectivity index (χ0) is 19.4. The molecule has 1 saturated heterocycles. The van der Waals surface area contributed by atoms with Gasteiger partial charge in [-0.25, -0.2) is 9.97 Å². The van der Waals surface area contributed by atoms with Gasteiger partial charge in [-0.2, -0.15) is 0 Å². The van der Waals surface area contributed by atoms with Crippen molar-refractivity contribution in [3.05, 3.63) is 47.4 Å². The Hall–Kier alpha value is -2.47. The van der Waals surface area contributed by atoms with Crippen molar-refractivity contribution in [2.75, 3.05) is 18.5 Å². The Bertz CT molecular complexity index is 808. The Kier molecular flexibility index (Phi) is 5.75. The van der Waals surface area contributed by atoms with Crippen molar-refractivity contribution in [2.45, 2.75) is 52.1 Å². The lowest BCUT2D eigenvalue weighted by atomic mass is 9.86. The Morgan fingerprint density at radius 3 is 2.74 bits per heavy atom. The number of carbonyl (C=O) groups excluding carboxylic acids is 1. The van der Waals surface area contributed by atoms with Gasteiger partial charge < -0.3 is 15.4 Å². The SMILES string of the molecule is Cc1nc(Nc2ccccc2C(C)(C)C)cc(C(=O)NCC2CCCO2)n1. The number of aromatic nitrogens is 2. The third-order valence-corrected chi connectivity index (χ3v) is 4.58. The van der Waals surface area contributed by atoms with Crippen LogP contribution in [0, 0.1) is 6.92 Å². The van der Waals surface area contributed by atoms with Crippen LogP contribution in [0.2, 0.25) is 0 Å². The van der Waals surface area contributed by atoms with Gasteiger partial charge in [0.1, 0.15) is 17.3 Å². The molecule has 0 spiro atoms. The third kappa shape index (κ3) is 5.04. The van der Waals surface area contributed by atoms with E-state index in [9.17, 15) is 4.79 Å². The lowest BCUT2D eigenvalue weighted by Gasteiger charge is -2.23. The van der Waals surface area contributed by atoms with Crippen LogP contribution in [0.5, 0.6) is 0 Å². The van der Waals surface area contributed by atoms with E-state index in [0.29, 0.717) is 23.9 Å². The van der Waals surface area contributed by atoms with E-state index >= 15 is 0 Å². The van der Waals surface area contributed by atoms with Crippen molar-refractivity contribution in [1.82, 2.24) is 15.3 Å². The maximum atomic E-state index is 12.5. The Balaban J connectivity index is 1.77. The maximum Gasteiger partial charge on any atom is 0.270 e. The summed E-state index contributed by atoms with van der Waals surface area (Å²) < 4.78 is 5.55. The van der Waals surface area contributed by atoms with Gasteiger partial charge in [0.2, 0.25) is 0 Å². The fourth-order valence-electron chi connectivity index (χ4n) is 3.23. The molecule has 6 nitrogen and oxygen atoms in total. The summed E-state index contributed by atoms with van der Waals surface area (Å²) in [6.07, 6.45) is 2.14. The van der Waals surface area contributed by atoms with Gasteiger partial charge in [0.15, 0.2) is 0 Å². The van der Waals surface area contributed by atoms with E-state index in [2.05, 4.69) is 47.4 Å². The number of carbonyl (C=O) groups is 1. The van der Waals surface area contributed by atoms with E-state index in [-0.39, 0.29) is 17.4 Å². The molecule has 3 rings (SSSR count). The molecular weight excluding hydrogens is 340 g/mol. The fraction of sp³-hybridized carbons (Fsp3) is 0.476. The monoisotopic (exact) mass is 368 g/mol. The highest BCUT2D eigenvalue weighted by molar-refractivity contribution is 5.93. The van der Waals surface area contributed by atoms with Crippen molar-refractivity contribution in [2.24, 2.45) is 0 Å². The van der Waals surface area contributed by atoms with Gasteiger partial charge in [-0.1, -0.05) is 39.0 Å². The number of hydrogen-bond donors (Lipinski definition) is 2. The molecule has 0 aliphatic carbocycles. The van der Waals surface area contributed by atoms with Crippen LogP contribution in [0.25, 0.3) is 0 Å². The minimum atomic E-state index is -0.205. The first-order valence-corrected chi connectivity index (χ1v) is 9.45. The molecule has 1 fully saturated rings. The predicted molar refractivity (Wildman–Crippen MR) is 107 cm³/mol. The molecule has 0 bridgehead atoms. The van der Waals surface area contributed by atoms with E-state index in [0.717, 1.165) is 25.1 Å². The maximum absolute atomic E-state index is 12.5. The summed E-state index contributed by atoms with van der Waals surface area (Å²) in [6, 6.07) is 9.83. The van der Waals surface area contributed by atoms with E-state index in [1.165, 1.54) is 5.56 Å². The number of amides is 1. The number of hydrogen-bond acceptors (Lipinski definition) is 5. The average Bonchev–Trinajstić information content (AvgIpc) is 3.12. The zero-order valence-electron chi connectivity index (χ0n) is 16.5. The van der Waals surface area contributed by atoms with E-state index < -0.39 is 0 Å². The van der Waals surface area contributed by atoms with Gasteiger partial charge in [0.05, 0.1) is 6.10 Å². The molecular formula is C21H28N4O2. The first kappa shape index (κ1) is 19.3. The second-order valence-electron chi connectivity index (χ2n) is 7.95. The highest BCUT2D eigenvalue weighted by Gasteiger charge is 2.20. The zero-order valence-corrected chi connectivity index (χ0v) is 16.5. The molecule has 1 aliphatic rings. The summed E-state index contributed by atoms with van der Waals surface area (Å²) in [5, 5.41) is 6.27. The molecule has 1 atom stereocenters. The molecule has 27 heavy (non-hydrogen) atoms. The summed E-state index contributed by atoms with van der Waals surface area (Å²) in [5.74, 6) is 0.958. The fourth-order valence-corrected chi connectivity index (χ4v) is 3.23. The smallest absolute Gasteiger partial charge is 0.270 e. The molecule has 2 aromatic rings. The number of nitrogens with zero attached hydrogens (tertiary/aromatic N) is 2. The molecule has 144 valence electrons. The van der Waals surface area contributed by atoms with Crippen LogP contribution in [-0.2, 0) is 10.2 Å². The number of benzene rings is 1. The molecule has 1 unspecified atom stereocenters. The number of ether oxygens (including phenoxy) is 1. The minimum absolute atomic E-state index is 0.00679. The van der Waals surface area contributed by atoms with Gasteiger partial charge >= 0.3 is 0 Å². The van der Waals surface area contributed by atoms with Crippen LogP contribution in [0.4, 0.5) is 11.5 Å². The number of aryl methyl sites for hydroxylation is 1.